The molecule has 1 aromatic rings. The van der Waals surface area contributed by atoms with Crippen molar-refractivity contribution in [3.63, 3.8) is 0 Å². The van der Waals surface area contributed by atoms with Gasteiger partial charge in [-0.15, -0.1) is 0 Å². The van der Waals surface area contributed by atoms with Crippen LogP contribution in [-0.2, 0) is 13.0 Å². The molecule has 4 nitrogen and oxygen atoms in total. The fraction of sp³-hybridized carbons (Fsp3) is 0.846. The molecule has 0 saturated heterocycles. The zero-order valence-electron chi connectivity index (χ0n) is 11.6. The molecule has 0 fully saturated rings. The van der Waals surface area contributed by atoms with Crippen LogP contribution >= 0.6 is 0 Å². The highest BCUT2D eigenvalue weighted by Crippen LogP contribution is 2.12. The zero-order chi connectivity index (χ0) is 12.7. The summed E-state index contributed by atoms with van der Waals surface area (Å²) in [7, 11) is 2.04. The van der Waals surface area contributed by atoms with E-state index >= 15 is 0 Å². The van der Waals surface area contributed by atoms with Crippen LogP contribution in [0, 0.1) is 5.92 Å². The Bertz CT molecular complexity index is 308. The topological polar surface area (TPSA) is 42.7 Å². The first-order chi connectivity index (χ1) is 8.21. The van der Waals surface area contributed by atoms with Crippen LogP contribution < -0.4 is 5.32 Å². The maximum absolute atomic E-state index is 4.37. The van der Waals surface area contributed by atoms with Gasteiger partial charge in [-0.3, -0.25) is 4.68 Å². The maximum atomic E-state index is 4.37. The molecule has 0 spiro atoms. The first kappa shape index (κ1) is 14.2. The third-order valence-electron chi connectivity index (χ3n) is 3.35. The van der Waals surface area contributed by atoms with Gasteiger partial charge in [-0.1, -0.05) is 27.2 Å². The molecule has 17 heavy (non-hydrogen) atoms. The number of hydrogen-bond donors (Lipinski definition) is 1. The predicted molar refractivity (Wildman–Crippen MR) is 70.9 cm³/mol. The monoisotopic (exact) mass is 238 g/mol. The summed E-state index contributed by atoms with van der Waals surface area (Å²) in [6.07, 6.45) is 6.18. The molecular formula is C13H26N4. The van der Waals surface area contributed by atoms with E-state index < -0.39 is 0 Å². The quantitative estimate of drug-likeness (QED) is 0.755. The molecule has 2 atom stereocenters. The Labute approximate surface area is 105 Å². The number of nitrogens with one attached hydrogen (secondary N) is 1. The largest absolute Gasteiger partial charge is 0.317 e. The highest BCUT2D eigenvalue weighted by atomic mass is 15.3. The Hall–Kier alpha value is -0.900. The highest BCUT2D eigenvalue weighted by Gasteiger charge is 2.14. The molecule has 0 aliphatic rings. The van der Waals surface area contributed by atoms with E-state index in [0.29, 0.717) is 6.04 Å². The summed E-state index contributed by atoms with van der Waals surface area (Å²) in [5, 5.41) is 7.66. The molecule has 1 rings (SSSR count). The minimum atomic E-state index is 0.504. The molecule has 1 aromatic heterocycles. The lowest BCUT2D eigenvalue weighted by Crippen LogP contribution is -2.30. The zero-order valence-corrected chi connectivity index (χ0v) is 11.6. The lowest BCUT2D eigenvalue weighted by Gasteiger charge is -2.19. The lowest BCUT2D eigenvalue weighted by molar-refractivity contribution is 0.398. The maximum Gasteiger partial charge on any atom is 0.138 e. The van der Waals surface area contributed by atoms with E-state index in [0.717, 1.165) is 31.1 Å². The van der Waals surface area contributed by atoms with Crippen LogP contribution in [0.5, 0.6) is 0 Å². The van der Waals surface area contributed by atoms with Crippen LogP contribution in [0.4, 0.5) is 0 Å². The molecule has 0 radical (unpaired) electrons. The van der Waals surface area contributed by atoms with Crippen molar-refractivity contribution < 1.29 is 0 Å². The van der Waals surface area contributed by atoms with Crippen molar-refractivity contribution in [1.29, 1.82) is 0 Å². The van der Waals surface area contributed by atoms with Crippen molar-refractivity contribution in [3.05, 3.63) is 12.2 Å². The van der Waals surface area contributed by atoms with Crippen LogP contribution in [0.25, 0.3) is 0 Å². The highest BCUT2D eigenvalue weighted by molar-refractivity contribution is 4.90. The molecule has 0 aromatic carbocycles. The van der Waals surface area contributed by atoms with E-state index in [1.165, 1.54) is 12.8 Å². The molecule has 0 aliphatic heterocycles. The van der Waals surface area contributed by atoms with Gasteiger partial charge in [0.05, 0.1) is 0 Å². The standard InChI is InChI=1S/C13H26N4/c1-5-7-17-13(15-10-16-17)9-12(14-4)8-11(3)6-2/h10-12,14H,5-9H2,1-4H3. The average molecular weight is 238 g/mol. The Morgan fingerprint density at radius 2 is 2.18 bits per heavy atom. The minimum absolute atomic E-state index is 0.504. The van der Waals surface area contributed by atoms with Crippen LogP contribution in [0.3, 0.4) is 0 Å². The molecule has 2 unspecified atom stereocenters. The van der Waals surface area contributed by atoms with Crippen LogP contribution in [0.15, 0.2) is 6.33 Å². The van der Waals surface area contributed by atoms with Gasteiger partial charge >= 0.3 is 0 Å². The Morgan fingerprint density at radius 3 is 2.76 bits per heavy atom. The first-order valence-corrected chi connectivity index (χ1v) is 6.75. The molecule has 1 N–H and O–H groups in total. The summed E-state index contributed by atoms with van der Waals surface area (Å²) in [6, 6.07) is 0.504. The second kappa shape index (κ2) is 7.43. The van der Waals surface area contributed by atoms with E-state index in [2.05, 4.69) is 36.2 Å². The van der Waals surface area contributed by atoms with Crippen molar-refractivity contribution in [1.82, 2.24) is 20.1 Å². The number of aromatic nitrogens is 3. The molecular weight excluding hydrogens is 212 g/mol. The summed E-state index contributed by atoms with van der Waals surface area (Å²) in [5.74, 6) is 1.87. The second-order valence-electron chi connectivity index (χ2n) is 4.84. The molecule has 1 heterocycles. The number of aryl methyl sites for hydroxylation is 1. The van der Waals surface area contributed by atoms with E-state index in [1.54, 1.807) is 6.33 Å². The molecule has 98 valence electrons. The molecule has 0 saturated carbocycles. The number of nitrogens with zero attached hydrogens (tertiary/aromatic N) is 3. The molecule has 0 bridgehead atoms. The summed E-state index contributed by atoms with van der Waals surface area (Å²) >= 11 is 0. The Balaban J connectivity index is 2.57. The number of rotatable bonds is 8. The normalized spacial score (nSPS) is 14.8. The summed E-state index contributed by atoms with van der Waals surface area (Å²) in [4.78, 5) is 4.37. The van der Waals surface area contributed by atoms with Crippen molar-refractivity contribution in [2.45, 2.75) is 59.0 Å². The Morgan fingerprint density at radius 1 is 1.41 bits per heavy atom. The van der Waals surface area contributed by atoms with Crippen LogP contribution in [0.1, 0.15) is 45.9 Å². The summed E-state index contributed by atoms with van der Waals surface area (Å²) in [5.41, 5.74) is 0. The smallest absolute Gasteiger partial charge is 0.138 e. The van der Waals surface area contributed by atoms with Gasteiger partial charge < -0.3 is 5.32 Å². The first-order valence-electron chi connectivity index (χ1n) is 6.75. The summed E-state index contributed by atoms with van der Waals surface area (Å²) in [6.45, 7) is 7.69. The number of hydrogen-bond acceptors (Lipinski definition) is 3. The SMILES string of the molecule is CCCn1ncnc1CC(CC(C)CC)NC. The van der Waals surface area contributed by atoms with Gasteiger partial charge in [-0.05, 0) is 25.8 Å². The van der Waals surface area contributed by atoms with Gasteiger partial charge in [0.15, 0.2) is 0 Å². The van der Waals surface area contributed by atoms with Crippen molar-refractivity contribution in [2.75, 3.05) is 7.05 Å². The molecule has 0 amide bonds. The lowest BCUT2D eigenvalue weighted by atomic mass is 9.97. The van der Waals surface area contributed by atoms with Crippen molar-refractivity contribution in [2.24, 2.45) is 5.92 Å². The third kappa shape index (κ3) is 4.46. The molecule has 4 heteroatoms. The van der Waals surface area contributed by atoms with Gasteiger partial charge in [0.25, 0.3) is 0 Å². The average Bonchev–Trinajstić information content (AvgIpc) is 2.76. The Kier molecular flexibility index (Phi) is 6.19. The fourth-order valence-electron chi connectivity index (χ4n) is 2.02. The van der Waals surface area contributed by atoms with E-state index in [1.807, 2.05) is 11.7 Å². The van der Waals surface area contributed by atoms with Gasteiger partial charge in [-0.25, -0.2) is 4.98 Å². The van der Waals surface area contributed by atoms with Gasteiger partial charge in [-0.2, -0.15) is 5.10 Å². The number of likely N-dealkylation sites (N-methyl/N-ethyl adjacent to an activating group) is 1. The van der Waals surface area contributed by atoms with Gasteiger partial charge in [0.2, 0.25) is 0 Å². The van der Waals surface area contributed by atoms with Crippen molar-refractivity contribution >= 4 is 0 Å². The van der Waals surface area contributed by atoms with Crippen LogP contribution in [0.2, 0.25) is 0 Å². The van der Waals surface area contributed by atoms with Gasteiger partial charge in [0.1, 0.15) is 12.2 Å². The second-order valence-corrected chi connectivity index (χ2v) is 4.84. The predicted octanol–water partition coefficient (Wildman–Crippen LogP) is 2.25. The van der Waals surface area contributed by atoms with Gasteiger partial charge in [0, 0.05) is 19.0 Å². The fourth-order valence-corrected chi connectivity index (χ4v) is 2.02. The third-order valence-corrected chi connectivity index (χ3v) is 3.35. The van der Waals surface area contributed by atoms with E-state index in [-0.39, 0.29) is 0 Å². The van der Waals surface area contributed by atoms with Crippen LogP contribution in [-0.4, -0.2) is 27.9 Å². The van der Waals surface area contributed by atoms with E-state index in [4.69, 9.17) is 0 Å². The van der Waals surface area contributed by atoms with E-state index in [9.17, 15) is 0 Å². The molecule has 0 aliphatic carbocycles. The summed E-state index contributed by atoms with van der Waals surface area (Å²) < 4.78 is 2.03. The van der Waals surface area contributed by atoms with Crippen molar-refractivity contribution in [3.8, 4) is 0 Å². The minimum Gasteiger partial charge on any atom is -0.317 e.